The van der Waals surface area contributed by atoms with Crippen molar-refractivity contribution in [3.63, 3.8) is 0 Å². The van der Waals surface area contributed by atoms with Crippen molar-refractivity contribution in [2.75, 3.05) is 20.6 Å². The van der Waals surface area contributed by atoms with Crippen molar-refractivity contribution in [2.24, 2.45) is 17.3 Å². The van der Waals surface area contributed by atoms with Gasteiger partial charge in [0, 0.05) is 23.9 Å². The van der Waals surface area contributed by atoms with Gasteiger partial charge in [0.25, 0.3) is 0 Å². The van der Waals surface area contributed by atoms with Crippen molar-refractivity contribution in [3.05, 3.63) is 28.8 Å². The molecule has 2 heterocycles. The molecule has 2 aliphatic heterocycles. The molecule has 2 aliphatic rings. The first-order chi connectivity index (χ1) is 21.9. The molecule has 0 bridgehead atoms. The first-order valence-corrected chi connectivity index (χ1v) is 18.8. The lowest BCUT2D eigenvalue weighted by atomic mass is 9.53. The lowest BCUT2D eigenvalue weighted by molar-refractivity contribution is -1.00. The van der Waals surface area contributed by atoms with Crippen LogP contribution < -0.4 is 0 Å². The minimum Gasteiger partial charge on any atom is -0.507 e. The minimum absolute atomic E-state index is 0.0521. The molecule has 0 saturated carbocycles. The maximum absolute atomic E-state index is 15.1. The standard InChI is InChI=1S/C42H72N2O5/c1-18-19-20-44(17)40(12,13)25-30(26-41(44,14)15)42(34(46)47,29-23-38(8,9)43(16)39(10,11)24-29)35(48)49-27-28-21-31(36(2,3)4)33(45)32(22-28)37(5,6)7/h21-22,29-30H,18-20,23-27H2,1-17H3,(H-,45,46,47)/p+1. The van der Waals surface area contributed by atoms with Crippen LogP contribution >= 0.6 is 0 Å². The second-order valence-electron chi connectivity index (χ2n) is 20.6. The van der Waals surface area contributed by atoms with Gasteiger partial charge < -0.3 is 19.4 Å². The number of carbonyl (C=O) groups is 2. The normalized spacial score (nSPS) is 26.9. The molecule has 2 N–H and O–H groups in total. The van der Waals surface area contributed by atoms with Crippen LogP contribution in [-0.4, -0.2) is 74.3 Å². The summed E-state index contributed by atoms with van der Waals surface area (Å²) in [4.78, 5) is 31.6. The number of aromatic hydroxyl groups is 1. The third-order valence-electron chi connectivity index (χ3n) is 13.6. The maximum atomic E-state index is 15.1. The Morgan fingerprint density at radius 1 is 0.837 bits per heavy atom. The van der Waals surface area contributed by atoms with Crippen molar-refractivity contribution in [3.8, 4) is 5.75 Å². The average Bonchev–Trinajstić information content (AvgIpc) is 2.91. The second-order valence-corrected chi connectivity index (χ2v) is 20.6. The van der Waals surface area contributed by atoms with E-state index in [2.05, 4.69) is 123 Å². The third kappa shape index (κ3) is 7.32. The molecule has 0 radical (unpaired) electrons. The molecule has 7 heteroatoms. The van der Waals surface area contributed by atoms with E-state index in [9.17, 15) is 15.0 Å². The van der Waals surface area contributed by atoms with E-state index in [1.807, 2.05) is 12.1 Å². The van der Waals surface area contributed by atoms with E-state index in [1.165, 1.54) is 0 Å². The zero-order chi connectivity index (χ0) is 38.0. The van der Waals surface area contributed by atoms with Crippen molar-refractivity contribution < 1.29 is 29.0 Å². The van der Waals surface area contributed by atoms with Crippen LogP contribution in [0.5, 0.6) is 5.75 Å². The number of aliphatic carboxylic acids is 1. The first-order valence-electron chi connectivity index (χ1n) is 18.8. The third-order valence-corrected chi connectivity index (χ3v) is 13.6. The highest BCUT2D eigenvalue weighted by Crippen LogP contribution is 2.58. The van der Waals surface area contributed by atoms with Gasteiger partial charge in [-0.1, -0.05) is 54.9 Å². The number of rotatable bonds is 9. The highest BCUT2D eigenvalue weighted by atomic mass is 16.5. The summed E-state index contributed by atoms with van der Waals surface area (Å²) in [6, 6.07) is 3.84. The molecule has 1 aromatic rings. The summed E-state index contributed by atoms with van der Waals surface area (Å²) in [5.74, 6) is -2.24. The fourth-order valence-corrected chi connectivity index (χ4v) is 9.89. The molecule has 0 aliphatic carbocycles. The number of phenols is 1. The molecule has 2 fully saturated rings. The summed E-state index contributed by atoms with van der Waals surface area (Å²) in [5.41, 5.74) is -1.25. The van der Waals surface area contributed by atoms with E-state index in [0.717, 1.165) is 40.6 Å². The number of unbranched alkanes of at least 4 members (excludes halogenated alkanes) is 1. The molecule has 280 valence electrons. The summed E-state index contributed by atoms with van der Waals surface area (Å²) in [6.45, 7) is 33.3. The Bertz CT molecular complexity index is 1320. The van der Waals surface area contributed by atoms with Crippen LogP contribution in [0.2, 0.25) is 0 Å². The number of nitrogens with zero attached hydrogens (tertiary/aromatic N) is 2. The van der Waals surface area contributed by atoms with Gasteiger partial charge in [0.1, 0.15) is 12.4 Å². The summed E-state index contributed by atoms with van der Waals surface area (Å²) in [5, 5.41) is 22.9. The fourth-order valence-electron chi connectivity index (χ4n) is 9.89. The molecular formula is C42H73N2O5+. The summed E-state index contributed by atoms with van der Waals surface area (Å²) < 4.78 is 7.16. The Hall–Kier alpha value is -2.12. The molecule has 1 unspecified atom stereocenters. The number of hydrogen-bond donors (Lipinski definition) is 2. The predicted molar refractivity (Wildman–Crippen MR) is 201 cm³/mol. The van der Waals surface area contributed by atoms with Gasteiger partial charge in [-0.25, -0.2) is 0 Å². The lowest BCUT2D eigenvalue weighted by Crippen LogP contribution is -2.75. The number of hydrogen-bond acceptors (Lipinski definition) is 5. The van der Waals surface area contributed by atoms with Crippen LogP contribution in [0.25, 0.3) is 0 Å². The van der Waals surface area contributed by atoms with Crippen LogP contribution in [-0.2, 0) is 31.8 Å². The molecular weight excluding hydrogens is 612 g/mol. The molecule has 0 amide bonds. The predicted octanol–water partition coefficient (Wildman–Crippen LogP) is 9.21. The van der Waals surface area contributed by atoms with E-state index >= 15 is 4.79 Å². The van der Waals surface area contributed by atoms with Gasteiger partial charge in [-0.15, -0.1) is 0 Å². The summed E-state index contributed by atoms with van der Waals surface area (Å²) >= 11 is 0. The molecule has 7 nitrogen and oxygen atoms in total. The van der Waals surface area contributed by atoms with Gasteiger partial charge in [0.05, 0.1) is 24.7 Å². The number of carboxylic acid groups (broad SMARTS) is 1. The van der Waals surface area contributed by atoms with Crippen LogP contribution in [0, 0.1) is 17.3 Å². The van der Waals surface area contributed by atoms with Gasteiger partial charge in [0.15, 0.2) is 5.41 Å². The van der Waals surface area contributed by atoms with Crippen LogP contribution in [0.1, 0.15) is 159 Å². The van der Waals surface area contributed by atoms with Gasteiger partial charge in [-0.05, 0) is 133 Å². The van der Waals surface area contributed by atoms with Crippen molar-refractivity contribution in [1.82, 2.24) is 4.90 Å². The number of quaternary nitrogens is 1. The number of piperidine rings is 2. The molecule has 49 heavy (non-hydrogen) atoms. The highest BCUT2D eigenvalue weighted by molar-refractivity contribution is 6.00. The Balaban J connectivity index is 2.23. The number of benzene rings is 1. The summed E-state index contributed by atoms with van der Waals surface area (Å²) in [7, 11) is 4.45. The number of phenolic OH excluding ortho intramolecular Hbond substituents is 1. The average molecular weight is 686 g/mol. The molecule has 1 aromatic carbocycles. The van der Waals surface area contributed by atoms with E-state index < -0.39 is 29.2 Å². The molecule has 1 atom stereocenters. The number of likely N-dealkylation sites (tertiary alicyclic amines) is 2. The second kappa shape index (κ2) is 13.1. The largest absolute Gasteiger partial charge is 0.507 e. The fraction of sp³-hybridized carbons (Fsp3) is 0.810. The number of carboxylic acids is 1. The first kappa shape index (κ1) is 41.3. The Morgan fingerprint density at radius 2 is 1.24 bits per heavy atom. The van der Waals surface area contributed by atoms with E-state index in [4.69, 9.17) is 4.74 Å². The Labute approximate surface area is 299 Å². The van der Waals surface area contributed by atoms with Crippen LogP contribution in [0.4, 0.5) is 0 Å². The minimum atomic E-state index is -1.73. The molecule has 0 spiro atoms. The molecule has 0 aromatic heterocycles. The summed E-state index contributed by atoms with van der Waals surface area (Å²) in [6.07, 6.45) is 4.58. The molecule has 2 saturated heterocycles. The zero-order valence-corrected chi connectivity index (χ0v) is 34.5. The topological polar surface area (TPSA) is 87.1 Å². The smallest absolute Gasteiger partial charge is 0.324 e. The number of esters is 1. The monoisotopic (exact) mass is 686 g/mol. The van der Waals surface area contributed by atoms with E-state index in [1.54, 1.807) is 0 Å². The van der Waals surface area contributed by atoms with Gasteiger partial charge >= 0.3 is 11.9 Å². The van der Waals surface area contributed by atoms with Crippen molar-refractivity contribution in [1.29, 1.82) is 0 Å². The van der Waals surface area contributed by atoms with Crippen molar-refractivity contribution >= 4 is 11.9 Å². The maximum Gasteiger partial charge on any atom is 0.324 e. The lowest BCUT2D eigenvalue weighted by Gasteiger charge is -2.64. The number of ether oxygens (including phenoxy) is 1. The van der Waals surface area contributed by atoms with Crippen LogP contribution in [0.15, 0.2) is 12.1 Å². The number of carbonyl (C=O) groups excluding carboxylic acids is 1. The quantitative estimate of drug-likeness (QED) is 0.153. The van der Waals surface area contributed by atoms with Gasteiger partial charge in [-0.3, -0.25) is 14.5 Å². The van der Waals surface area contributed by atoms with E-state index in [0.29, 0.717) is 25.7 Å². The Kier molecular flexibility index (Phi) is 11.1. The Morgan fingerprint density at radius 3 is 1.61 bits per heavy atom. The molecule has 3 rings (SSSR count). The van der Waals surface area contributed by atoms with Crippen molar-refractivity contribution in [2.45, 2.75) is 182 Å². The van der Waals surface area contributed by atoms with Crippen LogP contribution in [0.3, 0.4) is 0 Å². The van der Waals surface area contributed by atoms with Gasteiger partial charge in [-0.2, -0.15) is 0 Å². The zero-order valence-electron chi connectivity index (χ0n) is 34.5. The van der Waals surface area contributed by atoms with Gasteiger partial charge in [0.2, 0.25) is 0 Å². The SMILES string of the molecule is CCCC[N+]1(C)C(C)(C)CC(C(C(=O)O)(C(=O)OCc2cc(C(C)(C)C)c(O)c(C(C)(C)C)c2)C2CC(C)(C)N(C)C(C)(C)C2)CC1(C)C. The van der Waals surface area contributed by atoms with E-state index in [-0.39, 0.29) is 45.3 Å². The highest BCUT2D eigenvalue weighted by Gasteiger charge is 2.68.